The molecule has 7 heterocycles. The molecule has 7 aromatic heterocycles. The number of rotatable bonds is 11. The van der Waals surface area contributed by atoms with E-state index in [2.05, 4.69) is 448 Å². The third kappa shape index (κ3) is 11.3. The highest BCUT2D eigenvalue weighted by Gasteiger charge is 2.32. The quantitative estimate of drug-likeness (QED) is 0.127. The van der Waals surface area contributed by atoms with Crippen LogP contribution in [-0.2, 0) is 0 Å². The summed E-state index contributed by atoms with van der Waals surface area (Å²) < 4.78 is 23.3. The lowest BCUT2D eigenvalue weighted by Gasteiger charge is -2.25. The van der Waals surface area contributed by atoms with E-state index in [4.69, 9.17) is 23.8 Å². The van der Waals surface area contributed by atoms with Crippen LogP contribution in [0.3, 0.4) is 0 Å². The smallest absolute Gasteiger partial charge is 0.238 e. The van der Waals surface area contributed by atoms with Gasteiger partial charge >= 0.3 is 0 Å². The Morgan fingerprint density at radius 3 is 1.08 bits per heavy atom. The molecule has 0 saturated carbocycles. The van der Waals surface area contributed by atoms with Crippen molar-refractivity contribution in [2.24, 2.45) is 0 Å². The van der Waals surface area contributed by atoms with Gasteiger partial charge < -0.3 is 27.8 Å². The highest BCUT2D eigenvalue weighted by molar-refractivity contribution is 7.26. The van der Waals surface area contributed by atoms with Crippen LogP contribution in [0.2, 0.25) is 0 Å². The molecule has 0 bridgehead atoms. The summed E-state index contributed by atoms with van der Waals surface area (Å²) in [6.07, 6.45) is 0. The van der Waals surface area contributed by atoms with Crippen LogP contribution in [0.4, 0.5) is 34.1 Å². The summed E-state index contributed by atoms with van der Waals surface area (Å²) in [5, 5.41) is 35.0. The lowest BCUT2D eigenvalue weighted by molar-refractivity contribution is 0.670. The first-order valence-corrected chi connectivity index (χ1v) is 49.2. The van der Waals surface area contributed by atoms with Crippen LogP contribution in [0.25, 0.3) is 267 Å². The van der Waals surface area contributed by atoms with Crippen LogP contribution in [-0.4, -0.2) is 28.7 Å². The number of hydrogen-bond donors (Lipinski definition) is 0. The molecule has 32 aromatic rings. The van der Waals surface area contributed by atoms with Crippen molar-refractivity contribution in [1.82, 2.24) is 28.7 Å². The van der Waals surface area contributed by atoms with Crippen LogP contribution in [0, 0.1) is 0 Å². The maximum Gasteiger partial charge on any atom is 0.238 e. The highest BCUT2D eigenvalue weighted by Crippen LogP contribution is 2.57. The molecule has 0 spiro atoms. The molecule has 1 aliphatic rings. The topological polar surface area (TPSA) is 86.2 Å². The molecule has 1 aliphatic carbocycles. The molecule has 10 nitrogen and oxygen atoms in total. The average molecular weight is 1830 g/mol. The largest absolute Gasteiger partial charge is 0.456 e. The number of furan rings is 2. The molecule has 11 heteroatoms. The summed E-state index contributed by atoms with van der Waals surface area (Å²) in [5.74, 6) is 1.92. The van der Waals surface area contributed by atoms with Gasteiger partial charge in [0.15, 0.2) is 11.6 Å². The van der Waals surface area contributed by atoms with E-state index in [1.807, 2.05) is 47.7 Å². The Hall–Kier alpha value is -18.8. The zero-order valence-electron chi connectivity index (χ0n) is 76.2. The number of fused-ring (bicyclic) bond motifs is 10. The SMILES string of the molecule is c1ccc(-c2nc(-c3ccccc3)nc(-n3c4cccc5c6ccccc6c6cccc7sc8ccc3c(c8c76)c54)n2)cc1.c1ccc(N(c2ccccc2)c2ccc(-n3c4cccc5c6cccc7c6c6c8c-7cccc8cc7oc8ccc3c(c8c76)c54)cc2)cc1.c1ccc(N(c2ccccc2)c2ccc(-n3c4cccc5c6ccccc6c6cc7ccccc7c7oc8ccc3c(c8c67)c54)cc2)cc1. The van der Waals surface area contributed by atoms with Gasteiger partial charge in [-0.05, 0) is 256 Å². The number of thiophene rings is 1. The van der Waals surface area contributed by atoms with Crippen molar-refractivity contribution in [1.29, 1.82) is 0 Å². The van der Waals surface area contributed by atoms with Crippen molar-refractivity contribution in [3.63, 3.8) is 0 Å². The van der Waals surface area contributed by atoms with Crippen LogP contribution < -0.4 is 9.80 Å². The standard InChI is InChI=1S/C46H26N2O.C46H28N2O.C39H22N4S/c1-3-11-28(12-4-1)47(29-13-5-2-6-14-29)30-20-22-31(23-21-30)48-36-19-9-18-35-34-17-8-16-33-32-15-7-10-27-26-39-45(46(40(27)32)41(33)34)44-38(49-39)25-24-37(48)43(44)42(35)36;1-3-13-30(14-4-1)47(31-15-5-2-6-16-31)32-22-24-33(25-23-32)48-39-21-11-20-37-35-18-9-10-19-36(35)38-28-29-12-7-8-17-34(29)46-43(38)45-41(49-46)27-26-40(48)44(45)42(37)39;1-3-11-23(12-4-1)37-40-38(24-13-5-2-6-14-24)42-39(41-37)43-29-19-9-17-27-25-15-7-8-16-26(25)28-18-10-20-31-34(28)36-32(44-31)22-21-30(43)35(36)33(27)29/h1-26H;1-28H;1-22H. The van der Waals surface area contributed by atoms with Gasteiger partial charge in [0.1, 0.15) is 22.3 Å². The number of para-hydroxylation sites is 4. The molecule has 0 amide bonds. The minimum Gasteiger partial charge on any atom is -0.456 e. The summed E-state index contributed by atoms with van der Waals surface area (Å²) in [4.78, 5) is 19.9. The van der Waals surface area contributed by atoms with Crippen molar-refractivity contribution in [2.75, 3.05) is 9.80 Å². The van der Waals surface area contributed by atoms with Crippen molar-refractivity contribution in [2.45, 2.75) is 0 Å². The third-order valence-electron chi connectivity index (χ3n) is 29.9. The van der Waals surface area contributed by atoms with E-state index in [-0.39, 0.29) is 0 Å². The first-order chi connectivity index (χ1) is 70.5. The molecule has 0 N–H and O–H groups in total. The van der Waals surface area contributed by atoms with E-state index in [0.29, 0.717) is 17.6 Å². The molecule has 33 rings (SSSR count). The van der Waals surface area contributed by atoms with E-state index >= 15 is 0 Å². The maximum absolute atomic E-state index is 6.83. The minimum absolute atomic E-state index is 0.612. The van der Waals surface area contributed by atoms with E-state index < -0.39 is 0 Å². The second-order valence-corrected chi connectivity index (χ2v) is 38.4. The Bertz CT molecular complexity index is 10500. The van der Waals surface area contributed by atoms with E-state index in [9.17, 15) is 0 Å². The Balaban J connectivity index is 0.0000000978. The molecule has 0 unspecified atom stereocenters. The van der Waals surface area contributed by atoms with Crippen molar-refractivity contribution >= 4 is 261 Å². The third-order valence-corrected chi connectivity index (χ3v) is 31.0. The lowest BCUT2D eigenvalue weighted by Crippen LogP contribution is -2.09. The van der Waals surface area contributed by atoms with Crippen molar-refractivity contribution in [3.05, 3.63) is 461 Å². The number of hydrogen-bond acceptors (Lipinski definition) is 8. The van der Waals surface area contributed by atoms with Crippen LogP contribution in [0.15, 0.2) is 470 Å². The Morgan fingerprint density at radius 2 is 0.556 bits per heavy atom. The van der Waals surface area contributed by atoms with Crippen LogP contribution in [0.5, 0.6) is 0 Å². The van der Waals surface area contributed by atoms with Crippen molar-refractivity contribution in [3.8, 4) is 51.2 Å². The molecular weight excluding hydrogens is 1750 g/mol. The predicted octanol–water partition coefficient (Wildman–Crippen LogP) is 36.5. The van der Waals surface area contributed by atoms with E-state index in [1.165, 1.54) is 188 Å². The maximum atomic E-state index is 6.83. The fraction of sp³-hybridized carbons (Fsp3) is 0. The minimum atomic E-state index is 0.612. The van der Waals surface area contributed by atoms with Gasteiger partial charge in [-0.2, -0.15) is 9.97 Å². The highest BCUT2D eigenvalue weighted by atomic mass is 32.1. The number of nitrogens with zero attached hydrogens (tertiary/aromatic N) is 8. The Kier molecular flexibility index (Phi) is 16.7. The fourth-order valence-corrected chi connectivity index (χ4v) is 25.3. The van der Waals surface area contributed by atoms with Gasteiger partial charge in [-0.25, -0.2) is 4.98 Å². The summed E-state index contributed by atoms with van der Waals surface area (Å²) in [7, 11) is 0. The molecular formula is C131H76N8O2S. The molecule has 0 radical (unpaired) electrons. The molecule has 0 aliphatic heterocycles. The first kappa shape index (κ1) is 78.4. The van der Waals surface area contributed by atoms with E-state index in [0.717, 1.165) is 95.4 Å². The fourth-order valence-electron chi connectivity index (χ4n) is 24.2. The lowest BCUT2D eigenvalue weighted by atomic mass is 9.93. The number of anilines is 6. The van der Waals surface area contributed by atoms with Gasteiger partial charge in [0, 0.05) is 141 Å². The first-order valence-electron chi connectivity index (χ1n) is 48.4. The normalized spacial score (nSPS) is 12.2. The summed E-state index contributed by atoms with van der Waals surface area (Å²) in [6, 6.07) is 165. The second-order valence-electron chi connectivity index (χ2n) is 37.3. The van der Waals surface area contributed by atoms with Crippen LogP contribution in [0.1, 0.15) is 0 Å². The molecule has 142 heavy (non-hydrogen) atoms. The molecule has 25 aromatic carbocycles. The Morgan fingerprint density at radius 1 is 0.197 bits per heavy atom. The van der Waals surface area contributed by atoms with Gasteiger partial charge in [-0.1, -0.05) is 291 Å². The van der Waals surface area contributed by atoms with Gasteiger partial charge in [0.2, 0.25) is 5.95 Å². The van der Waals surface area contributed by atoms with Crippen LogP contribution >= 0.6 is 11.3 Å². The zero-order chi connectivity index (χ0) is 92.6. The van der Waals surface area contributed by atoms with Crippen molar-refractivity contribution < 1.29 is 8.83 Å². The molecule has 0 saturated heterocycles. The molecule has 658 valence electrons. The number of aromatic nitrogens is 6. The monoisotopic (exact) mass is 1820 g/mol. The zero-order valence-corrected chi connectivity index (χ0v) is 77.0. The summed E-state index contributed by atoms with van der Waals surface area (Å²) >= 11 is 1.87. The van der Waals surface area contributed by atoms with Gasteiger partial charge in [0.25, 0.3) is 0 Å². The van der Waals surface area contributed by atoms with E-state index in [1.54, 1.807) is 0 Å². The Labute approximate surface area is 814 Å². The molecule has 0 fully saturated rings. The average Bonchev–Trinajstić information content (AvgIpc) is 1.50. The van der Waals surface area contributed by atoms with Gasteiger partial charge in [-0.3, -0.25) is 4.57 Å². The summed E-state index contributed by atoms with van der Waals surface area (Å²) in [6.45, 7) is 0. The molecule has 0 atom stereocenters. The second kappa shape index (κ2) is 30.3. The summed E-state index contributed by atoms with van der Waals surface area (Å²) in [5.41, 5.74) is 24.2. The van der Waals surface area contributed by atoms with Gasteiger partial charge in [0.05, 0.1) is 33.1 Å². The predicted molar refractivity (Wildman–Crippen MR) is 596 cm³/mol. The number of benzene rings is 22. The van der Waals surface area contributed by atoms with Gasteiger partial charge in [-0.15, -0.1) is 11.3 Å².